The normalized spacial score (nSPS) is 18.0. The number of aryl methyl sites for hydroxylation is 1. The molecular formula is C29H37N5O. The third-order valence-electron chi connectivity index (χ3n) is 7.55. The van der Waals surface area contributed by atoms with Crippen LogP contribution in [0.15, 0.2) is 73.3 Å². The van der Waals surface area contributed by atoms with E-state index in [1.165, 1.54) is 24.1 Å². The highest BCUT2D eigenvalue weighted by atomic mass is 16.1. The number of rotatable bonds is 9. The van der Waals surface area contributed by atoms with E-state index in [-0.39, 0.29) is 5.91 Å². The number of hydrogen-bond acceptors (Lipinski definition) is 4. The first-order valence-corrected chi connectivity index (χ1v) is 13.2. The summed E-state index contributed by atoms with van der Waals surface area (Å²) >= 11 is 0. The lowest BCUT2D eigenvalue weighted by Crippen LogP contribution is -2.44. The molecule has 2 N–H and O–H groups in total. The number of carbonyl (C=O) groups is 1. The van der Waals surface area contributed by atoms with Crippen LogP contribution in [0, 0.1) is 0 Å². The average molecular weight is 472 g/mol. The van der Waals surface area contributed by atoms with Gasteiger partial charge in [0.05, 0.1) is 6.33 Å². The van der Waals surface area contributed by atoms with Crippen molar-refractivity contribution >= 4 is 11.6 Å². The summed E-state index contributed by atoms with van der Waals surface area (Å²) in [6, 6.07) is 20.1. The van der Waals surface area contributed by atoms with E-state index in [9.17, 15) is 4.79 Å². The van der Waals surface area contributed by atoms with Crippen molar-refractivity contribution in [3.8, 4) is 0 Å². The van der Waals surface area contributed by atoms with Crippen molar-refractivity contribution in [3.63, 3.8) is 0 Å². The molecule has 0 radical (unpaired) electrons. The van der Waals surface area contributed by atoms with Gasteiger partial charge in [-0.15, -0.1) is 0 Å². The molecular weight excluding hydrogens is 434 g/mol. The zero-order chi connectivity index (χ0) is 23.9. The van der Waals surface area contributed by atoms with Gasteiger partial charge < -0.3 is 20.1 Å². The maximum Gasteiger partial charge on any atom is 0.251 e. The SMILES string of the molecule is O=C(NC1CCCC1)c1ccc(N2CCC(NC(CCn3ccnc3)c3ccccc3)CC2)cc1. The largest absolute Gasteiger partial charge is 0.371 e. The van der Waals surface area contributed by atoms with Crippen LogP contribution in [0.3, 0.4) is 0 Å². The summed E-state index contributed by atoms with van der Waals surface area (Å²) in [5.41, 5.74) is 3.32. The van der Waals surface area contributed by atoms with Crippen LogP contribution in [0.4, 0.5) is 5.69 Å². The first-order chi connectivity index (χ1) is 17.2. The van der Waals surface area contributed by atoms with Gasteiger partial charge in [0, 0.05) is 61.4 Å². The fourth-order valence-electron chi connectivity index (χ4n) is 5.48. The molecule has 6 heteroatoms. The molecule has 0 spiro atoms. The highest BCUT2D eigenvalue weighted by Gasteiger charge is 2.23. The minimum atomic E-state index is 0.0639. The van der Waals surface area contributed by atoms with Gasteiger partial charge in [-0.05, 0) is 61.9 Å². The third kappa shape index (κ3) is 6.31. The third-order valence-corrected chi connectivity index (χ3v) is 7.55. The van der Waals surface area contributed by atoms with Gasteiger partial charge in [0.2, 0.25) is 0 Å². The van der Waals surface area contributed by atoms with Gasteiger partial charge in [-0.1, -0.05) is 43.2 Å². The summed E-state index contributed by atoms with van der Waals surface area (Å²) in [5.74, 6) is 0.0639. The first-order valence-electron chi connectivity index (χ1n) is 13.2. The molecule has 1 unspecified atom stereocenters. The molecule has 0 bridgehead atoms. The van der Waals surface area contributed by atoms with Crippen molar-refractivity contribution in [1.82, 2.24) is 20.2 Å². The van der Waals surface area contributed by atoms with E-state index < -0.39 is 0 Å². The number of nitrogens with one attached hydrogen (secondary N) is 2. The molecule has 1 atom stereocenters. The smallest absolute Gasteiger partial charge is 0.251 e. The molecule has 5 rings (SSSR count). The Hall–Kier alpha value is -3.12. The van der Waals surface area contributed by atoms with Crippen LogP contribution in [-0.4, -0.2) is 40.6 Å². The highest BCUT2D eigenvalue weighted by molar-refractivity contribution is 5.94. The van der Waals surface area contributed by atoms with E-state index in [1.54, 1.807) is 0 Å². The predicted octanol–water partition coefficient (Wildman–Crippen LogP) is 4.95. The van der Waals surface area contributed by atoms with E-state index >= 15 is 0 Å². The van der Waals surface area contributed by atoms with Crippen LogP contribution in [0.2, 0.25) is 0 Å². The molecule has 1 aliphatic heterocycles. The molecule has 2 aliphatic rings. The number of aromatic nitrogens is 2. The Morgan fingerprint density at radius 1 is 0.943 bits per heavy atom. The Morgan fingerprint density at radius 3 is 2.37 bits per heavy atom. The van der Waals surface area contributed by atoms with Crippen molar-refractivity contribution in [2.24, 2.45) is 0 Å². The number of imidazole rings is 1. The summed E-state index contributed by atoms with van der Waals surface area (Å²) in [4.78, 5) is 19.2. The zero-order valence-corrected chi connectivity index (χ0v) is 20.5. The van der Waals surface area contributed by atoms with Crippen LogP contribution in [-0.2, 0) is 6.54 Å². The number of carbonyl (C=O) groups excluding carboxylic acids is 1. The minimum Gasteiger partial charge on any atom is -0.371 e. The lowest BCUT2D eigenvalue weighted by atomic mass is 9.98. The monoisotopic (exact) mass is 471 g/mol. The Morgan fingerprint density at radius 2 is 1.69 bits per heavy atom. The molecule has 2 heterocycles. The van der Waals surface area contributed by atoms with Crippen molar-refractivity contribution in [1.29, 1.82) is 0 Å². The summed E-state index contributed by atoms with van der Waals surface area (Å²) in [6.07, 6.45) is 13.7. The summed E-state index contributed by atoms with van der Waals surface area (Å²) in [5, 5.41) is 7.14. The van der Waals surface area contributed by atoms with Crippen LogP contribution in [0.25, 0.3) is 0 Å². The first kappa shape index (κ1) is 23.6. The van der Waals surface area contributed by atoms with Crippen molar-refractivity contribution in [3.05, 3.63) is 84.4 Å². The summed E-state index contributed by atoms with van der Waals surface area (Å²) in [6.45, 7) is 2.99. The van der Waals surface area contributed by atoms with Crippen LogP contribution in [0.5, 0.6) is 0 Å². The highest BCUT2D eigenvalue weighted by Crippen LogP contribution is 2.25. The maximum absolute atomic E-state index is 12.5. The van der Waals surface area contributed by atoms with Gasteiger partial charge in [0.15, 0.2) is 0 Å². The number of piperidine rings is 1. The molecule has 3 aromatic rings. The van der Waals surface area contributed by atoms with Crippen molar-refractivity contribution in [2.75, 3.05) is 18.0 Å². The standard InChI is InChI=1S/C29H37N5O/c35-29(32-25-8-4-5-9-25)24-10-12-27(13-11-24)34-19-14-26(15-20-34)31-28(23-6-2-1-3-7-23)16-18-33-21-17-30-22-33/h1-3,6-7,10-13,17,21-22,25-26,28,31H,4-5,8-9,14-16,18-20H2,(H,32,35). The van der Waals surface area contributed by atoms with Crippen molar-refractivity contribution < 1.29 is 4.79 Å². The molecule has 1 aliphatic carbocycles. The maximum atomic E-state index is 12.5. The van der Waals surface area contributed by atoms with E-state index in [2.05, 4.69) is 67.5 Å². The molecule has 6 nitrogen and oxygen atoms in total. The van der Waals surface area contributed by atoms with E-state index in [0.29, 0.717) is 18.1 Å². The quantitative estimate of drug-likeness (QED) is 0.464. The molecule has 2 aromatic carbocycles. The topological polar surface area (TPSA) is 62.2 Å². The number of anilines is 1. The number of benzene rings is 2. The lowest BCUT2D eigenvalue weighted by molar-refractivity contribution is 0.0938. The van der Waals surface area contributed by atoms with Crippen molar-refractivity contribution in [2.45, 2.75) is 69.6 Å². The summed E-state index contributed by atoms with van der Waals surface area (Å²) < 4.78 is 2.15. The van der Waals surface area contributed by atoms with Crippen LogP contribution in [0.1, 0.15) is 66.9 Å². The molecule has 1 saturated carbocycles. The van der Waals surface area contributed by atoms with Gasteiger partial charge in [0.25, 0.3) is 5.91 Å². The molecule has 35 heavy (non-hydrogen) atoms. The Balaban J connectivity index is 1.14. The van der Waals surface area contributed by atoms with E-state index in [1.807, 2.05) is 30.9 Å². The molecule has 1 aromatic heterocycles. The van der Waals surface area contributed by atoms with Gasteiger partial charge in [0.1, 0.15) is 0 Å². The van der Waals surface area contributed by atoms with Gasteiger partial charge in [-0.2, -0.15) is 0 Å². The number of nitrogens with zero attached hydrogens (tertiary/aromatic N) is 3. The molecule has 2 fully saturated rings. The molecule has 1 saturated heterocycles. The second-order valence-electron chi connectivity index (χ2n) is 9.98. The Kier molecular flexibility index (Phi) is 7.79. The predicted molar refractivity (Wildman–Crippen MR) is 141 cm³/mol. The molecule has 1 amide bonds. The Bertz CT molecular complexity index is 1040. The fraction of sp³-hybridized carbons (Fsp3) is 0.448. The van der Waals surface area contributed by atoms with Gasteiger partial charge in [-0.25, -0.2) is 4.98 Å². The molecule has 184 valence electrons. The van der Waals surface area contributed by atoms with E-state index in [4.69, 9.17) is 0 Å². The lowest BCUT2D eigenvalue weighted by Gasteiger charge is -2.36. The summed E-state index contributed by atoms with van der Waals surface area (Å²) in [7, 11) is 0. The second-order valence-corrected chi connectivity index (χ2v) is 9.98. The zero-order valence-electron chi connectivity index (χ0n) is 20.5. The van der Waals surface area contributed by atoms with Crippen LogP contribution < -0.4 is 15.5 Å². The second kappa shape index (κ2) is 11.5. The minimum absolute atomic E-state index is 0.0639. The fourth-order valence-corrected chi connectivity index (χ4v) is 5.48. The van der Waals surface area contributed by atoms with Crippen LogP contribution >= 0.6 is 0 Å². The van der Waals surface area contributed by atoms with Gasteiger partial charge >= 0.3 is 0 Å². The Labute approximate surface area is 208 Å². The number of amides is 1. The van der Waals surface area contributed by atoms with E-state index in [0.717, 1.165) is 57.3 Å². The van der Waals surface area contributed by atoms with Gasteiger partial charge in [-0.3, -0.25) is 4.79 Å². The average Bonchev–Trinajstić information content (AvgIpc) is 3.62. The number of hydrogen-bond donors (Lipinski definition) is 2.